The molecule has 6 heteroatoms. The van der Waals surface area contributed by atoms with Crippen molar-refractivity contribution in [1.29, 1.82) is 0 Å². The van der Waals surface area contributed by atoms with Crippen LogP contribution in [0.25, 0.3) is 0 Å². The number of carbonyl (C=O) groups excluding carboxylic acids is 2. The molecule has 5 aliphatic carbocycles. The fourth-order valence-electron chi connectivity index (χ4n) is 12.3. The van der Waals surface area contributed by atoms with Crippen molar-refractivity contribution in [2.45, 2.75) is 125 Å². The molecule has 5 rings (SSSR count). The number of hydrogen-bond donors (Lipinski definition) is 2. The van der Waals surface area contributed by atoms with Gasteiger partial charge >= 0.3 is 11.9 Å². The van der Waals surface area contributed by atoms with Gasteiger partial charge in [-0.05, 0) is 117 Å². The zero-order chi connectivity index (χ0) is 30.2. The number of hydrogen-bond acceptors (Lipinski definition) is 6. The Balaban J connectivity index is 1.45. The molecule has 0 bridgehead atoms. The van der Waals surface area contributed by atoms with Gasteiger partial charge in [-0.1, -0.05) is 46.8 Å². The van der Waals surface area contributed by atoms with Gasteiger partial charge in [0, 0.05) is 17.8 Å². The van der Waals surface area contributed by atoms with E-state index in [1.807, 2.05) is 0 Å². The van der Waals surface area contributed by atoms with Crippen molar-refractivity contribution in [2.75, 3.05) is 13.2 Å². The Hall–Kier alpha value is -1.40. The number of esters is 2. The third-order valence-corrected chi connectivity index (χ3v) is 14.4. The normalized spacial score (nSPS) is 47.1. The fourth-order valence-corrected chi connectivity index (χ4v) is 12.3. The highest BCUT2D eigenvalue weighted by molar-refractivity contribution is 5.74. The molecule has 0 aliphatic heterocycles. The van der Waals surface area contributed by atoms with E-state index in [-0.39, 0.29) is 39.1 Å². The molecule has 5 aliphatic rings. The summed E-state index contributed by atoms with van der Waals surface area (Å²) in [6, 6.07) is 0. The Morgan fingerprint density at radius 1 is 0.878 bits per heavy atom. The Kier molecular flexibility index (Phi) is 7.84. The van der Waals surface area contributed by atoms with Gasteiger partial charge in [-0.3, -0.25) is 4.79 Å². The van der Waals surface area contributed by atoms with Crippen LogP contribution in [0.5, 0.6) is 0 Å². The summed E-state index contributed by atoms with van der Waals surface area (Å²) < 4.78 is 11.7. The second-order valence-electron chi connectivity index (χ2n) is 16.3. The number of fused-ring (bicyclic) bond motifs is 7. The van der Waals surface area contributed by atoms with Crippen molar-refractivity contribution < 1.29 is 29.3 Å². The van der Waals surface area contributed by atoms with Gasteiger partial charge < -0.3 is 19.7 Å². The van der Waals surface area contributed by atoms with Gasteiger partial charge in [-0.15, -0.1) is 0 Å². The lowest BCUT2D eigenvalue weighted by molar-refractivity contribution is -0.253. The molecule has 0 radical (unpaired) electrons. The van der Waals surface area contributed by atoms with Crippen LogP contribution in [0.15, 0.2) is 12.2 Å². The smallest absolute Gasteiger partial charge is 0.337 e. The Morgan fingerprint density at radius 3 is 2.22 bits per heavy atom. The van der Waals surface area contributed by atoms with E-state index in [0.717, 1.165) is 38.5 Å². The van der Waals surface area contributed by atoms with Gasteiger partial charge in [0.2, 0.25) is 0 Å². The molecule has 232 valence electrons. The van der Waals surface area contributed by atoms with Crippen molar-refractivity contribution in [3.63, 3.8) is 0 Å². The Morgan fingerprint density at radius 2 is 1.59 bits per heavy atom. The highest BCUT2D eigenvalue weighted by Gasteiger charge is 2.71. The first kappa shape index (κ1) is 31.0. The number of allylic oxidation sites excluding steroid dienone is 1. The molecule has 0 amide bonds. The van der Waals surface area contributed by atoms with Crippen molar-refractivity contribution in [3.05, 3.63) is 12.2 Å². The van der Waals surface area contributed by atoms with Gasteiger partial charge in [-0.2, -0.15) is 0 Å². The van der Waals surface area contributed by atoms with Crippen LogP contribution in [0, 0.1) is 56.7 Å². The first-order chi connectivity index (χ1) is 19.1. The monoisotopic (exact) mass is 572 g/mol. The number of aliphatic hydroxyl groups is 2. The third-order valence-electron chi connectivity index (χ3n) is 14.4. The summed E-state index contributed by atoms with van der Waals surface area (Å²) >= 11 is 0. The molecular weight excluding hydrogens is 516 g/mol. The molecule has 0 aromatic carbocycles. The van der Waals surface area contributed by atoms with Crippen LogP contribution in [0.3, 0.4) is 0 Å². The van der Waals surface area contributed by atoms with E-state index in [2.05, 4.69) is 48.1 Å². The molecule has 11 atom stereocenters. The van der Waals surface area contributed by atoms with Crippen LogP contribution < -0.4 is 0 Å². The molecule has 0 heterocycles. The van der Waals surface area contributed by atoms with E-state index in [0.29, 0.717) is 36.2 Å². The largest absolute Gasteiger partial charge is 0.465 e. The molecule has 0 spiro atoms. The van der Waals surface area contributed by atoms with Crippen molar-refractivity contribution >= 4 is 11.9 Å². The standard InChI is InChI=1S/C35H56O6/c1-21(2)23-11-16-35(20-40-22(3)37)18-17-33(7)24(29(23)35)9-10-27-32(6)14-13-28(41-30(39)25(38)19-36)31(4,5)26(32)12-15-34(27,33)8/h23-29,36,38H,1,9-20H2,2-8H3/t23-,24?,25+,26?,27?,28-,29?,32-,33+,34+,35+/m0/s1. The van der Waals surface area contributed by atoms with E-state index >= 15 is 0 Å². The summed E-state index contributed by atoms with van der Waals surface area (Å²) in [4.78, 5) is 24.4. The topological polar surface area (TPSA) is 93.1 Å². The molecule has 41 heavy (non-hydrogen) atoms. The predicted molar refractivity (Wildman–Crippen MR) is 159 cm³/mol. The molecule has 5 saturated carbocycles. The van der Waals surface area contributed by atoms with E-state index in [9.17, 15) is 19.8 Å². The lowest BCUT2D eigenvalue weighted by Crippen LogP contribution is -2.67. The van der Waals surface area contributed by atoms with Gasteiger partial charge in [0.05, 0.1) is 13.2 Å². The minimum atomic E-state index is -1.47. The minimum Gasteiger partial charge on any atom is -0.465 e. The van der Waals surface area contributed by atoms with Crippen molar-refractivity contribution in [1.82, 2.24) is 0 Å². The average molecular weight is 573 g/mol. The summed E-state index contributed by atoms with van der Waals surface area (Å²) in [6.07, 6.45) is 9.42. The van der Waals surface area contributed by atoms with Crippen LogP contribution in [-0.2, 0) is 19.1 Å². The van der Waals surface area contributed by atoms with Crippen LogP contribution in [-0.4, -0.2) is 47.6 Å². The lowest BCUT2D eigenvalue weighted by atomic mass is 9.32. The first-order valence-electron chi connectivity index (χ1n) is 16.4. The van der Waals surface area contributed by atoms with Crippen molar-refractivity contribution in [2.24, 2.45) is 56.7 Å². The van der Waals surface area contributed by atoms with Crippen molar-refractivity contribution in [3.8, 4) is 0 Å². The van der Waals surface area contributed by atoms with Gasteiger partial charge in [0.25, 0.3) is 0 Å². The molecular formula is C35H56O6. The molecule has 6 nitrogen and oxygen atoms in total. The molecule has 0 aromatic rings. The van der Waals surface area contributed by atoms with Gasteiger partial charge in [0.15, 0.2) is 6.10 Å². The second-order valence-corrected chi connectivity index (χ2v) is 16.3. The summed E-state index contributed by atoms with van der Waals surface area (Å²) in [6.45, 7) is 20.5. The van der Waals surface area contributed by atoms with Crippen LogP contribution in [0.1, 0.15) is 113 Å². The van der Waals surface area contributed by atoms with E-state index in [4.69, 9.17) is 9.47 Å². The summed E-state index contributed by atoms with van der Waals surface area (Å²) in [5.74, 6) is 1.77. The molecule has 0 aromatic heterocycles. The van der Waals surface area contributed by atoms with Crippen LogP contribution in [0.4, 0.5) is 0 Å². The summed E-state index contributed by atoms with van der Waals surface area (Å²) in [7, 11) is 0. The lowest BCUT2D eigenvalue weighted by Gasteiger charge is -2.73. The average Bonchev–Trinajstić information content (AvgIpc) is 3.29. The predicted octanol–water partition coefficient (Wildman–Crippen LogP) is 6.47. The van der Waals surface area contributed by atoms with E-state index in [1.165, 1.54) is 31.3 Å². The summed E-state index contributed by atoms with van der Waals surface area (Å²) in [5.41, 5.74) is 1.74. The second kappa shape index (κ2) is 10.4. The fraction of sp³-hybridized carbons (Fsp3) is 0.886. The highest BCUT2D eigenvalue weighted by atomic mass is 16.6. The highest BCUT2D eigenvalue weighted by Crippen LogP contribution is 2.77. The molecule has 0 saturated heterocycles. The number of carbonyl (C=O) groups is 2. The Labute approximate surface area is 248 Å². The van der Waals surface area contributed by atoms with E-state index < -0.39 is 18.7 Å². The molecule has 2 N–H and O–H groups in total. The number of aliphatic hydroxyl groups excluding tert-OH is 2. The molecule has 5 fully saturated rings. The first-order valence-corrected chi connectivity index (χ1v) is 16.4. The number of rotatable bonds is 6. The maximum absolute atomic E-state index is 12.5. The van der Waals surface area contributed by atoms with E-state index in [1.54, 1.807) is 6.92 Å². The zero-order valence-electron chi connectivity index (χ0n) is 26.8. The van der Waals surface area contributed by atoms with Gasteiger partial charge in [0.1, 0.15) is 6.10 Å². The SMILES string of the molecule is C=C(C)[C@@H]1CC[C@]2(COC(C)=O)CC[C@]3(C)C(CCC4[C@@]5(C)CC[C@H](OC(=O)[C@H](O)CO)C(C)(C)C5CC[C@]43C)C12. The van der Waals surface area contributed by atoms with Crippen LogP contribution >= 0.6 is 0 Å². The maximum Gasteiger partial charge on any atom is 0.337 e. The molecule has 4 unspecified atom stereocenters. The van der Waals surface area contributed by atoms with Crippen LogP contribution in [0.2, 0.25) is 0 Å². The minimum absolute atomic E-state index is 0.0762. The zero-order valence-corrected chi connectivity index (χ0v) is 26.8. The quantitative estimate of drug-likeness (QED) is 0.280. The number of ether oxygens (including phenoxy) is 2. The maximum atomic E-state index is 12.5. The third kappa shape index (κ3) is 4.47. The van der Waals surface area contributed by atoms with Gasteiger partial charge in [-0.25, -0.2) is 4.79 Å². The summed E-state index contributed by atoms with van der Waals surface area (Å²) in [5, 5.41) is 19.1. The Bertz CT molecular complexity index is 1070.